The lowest BCUT2D eigenvalue weighted by molar-refractivity contribution is -0.127. The number of hydrogen-bond donors (Lipinski definition) is 1. The third-order valence-corrected chi connectivity index (χ3v) is 5.62. The summed E-state index contributed by atoms with van der Waals surface area (Å²) in [6.45, 7) is 6.96. The molecule has 3 rings (SSSR count). The Morgan fingerprint density at radius 2 is 2.19 bits per heavy atom. The fourth-order valence-corrected chi connectivity index (χ4v) is 3.91. The van der Waals surface area contributed by atoms with Gasteiger partial charge < -0.3 is 10.1 Å². The maximum atomic E-state index is 12.6. The Kier molecular flexibility index (Phi) is 6.67. The van der Waals surface area contributed by atoms with Crippen LogP contribution in [0, 0.1) is 0 Å². The van der Waals surface area contributed by atoms with Crippen LogP contribution in [0.25, 0.3) is 0 Å². The van der Waals surface area contributed by atoms with Gasteiger partial charge in [-0.15, -0.1) is 0 Å². The Bertz CT molecular complexity index is 597. The Balaban J connectivity index is 1.54. The third kappa shape index (κ3) is 4.84. The zero-order valence-electron chi connectivity index (χ0n) is 16.4. The van der Waals surface area contributed by atoms with Gasteiger partial charge in [0.1, 0.15) is 0 Å². The van der Waals surface area contributed by atoms with Crippen molar-refractivity contribution < 1.29 is 9.53 Å². The van der Waals surface area contributed by atoms with Crippen LogP contribution in [0.2, 0.25) is 0 Å². The lowest BCUT2D eigenvalue weighted by Crippen LogP contribution is -2.49. The van der Waals surface area contributed by atoms with E-state index >= 15 is 0 Å². The molecule has 2 heterocycles. The van der Waals surface area contributed by atoms with E-state index in [4.69, 9.17) is 9.84 Å². The smallest absolute Gasteiger partial charge is 0.237 e. The molecule has 7 heteroatoms. The molecule has 0 saturated heterocycles. The number of aromatic nitrogens is 2. The van der Waals surface area contributed by atoms with Crippen LogP contribution in [0.3, 0.4) is 0 Å². The number of methoxy groups -OCH3 is 1. The molecule has 0 aromatic carbocycles. The van der Waals surface area contributed by atoms with Gasteiger partial charge in [-0.3, -0.25) is 19.3 Å². The van der Waals surface area contributed by atoms with E-state index in [0.29, 0.717) is 6.04 Å². The van der Waals surface area contributed by atoms with E-state index in [2.05, 4.69) is 32.9 Å². The van der Waals surface area contributed by atoms with E-state index in [1.54, 1.807) is 7.11 Å². The highest BCUT2D eigenvalue weighted by atomic mass is 16.5. The largest absolute Gasteiger partial charge is 0.383 e. The predicted octanol–water partition coefficient (Wildman–Crippen LogP) is 1.22. The predicted molar refractivity (Wildman–Crippen MR) is 101 cm³/mol. The van der Waals surface area contributed by atoms with Crippen LogP contribution in [-0.2, 0) is 29.2 Å². The molecule has 0 bridgehead atoms. The minimum atomic E-state index is -0.0907. The van der Waals surface area contributed by atoms with Gasteiger partial charge in [-0.1, -0.05) is 12.8 Å². The molecule has 0 unspecified atom stereocenters. The summed E-state index contributed by atoms with van der Waals surface area (Å²) in [6, 6.07) is 2.47. The number of nitrogens with zero attached hydrogens (tertiary/aromatic N) is 4. The van der Waals surface area contributed by atoms with Crippen molar-refractivity contribution in [2.24, 2.45) is 0 Å². The van der Waals surface area contributed by atoms with Crippen LogP contribution in [-0.4, -0.2) is 71.4 Å². The number of likely N-dealkylation sites (N-methyl/N-ethyl adjacent to an activating group) is 1. The zero-order valence-corrected chi connectivity index (χ0v) is 16.4. The number of rotatable bonds is 8. The lowest BCUT2D eigenvalue weighted by Gasteiger charge is -2.32. The Morgan fingerprint density at radius 3 is 2.92 bits per heavy atom. The number of amides is 1. The van der Waals surface area contributed by atoms with Gasteiger partial charge in [0.05, 0.1) is 30.6 Å². The summed E-state index contributed by atoms with van der Waals surface area (Å²) >= 11 is 0. The first kappa shape index (κ1) is 19.3. The molecule has 1 saturated carbocycles. The van der Waals surface area contributed by atoms with Crippen molar-refractivity contribution >= 4 is 5.91 Å². The summed E-state index contributed by atoms with van der Waals surface area (Å²) in [4.78, 5) is 17.0. The Hall–Kier alpha value is -1.44. The van der Waals surface area contributed by atoms with Crippen molar-refractivity contribution in [2.75, 3.05) is 33.9 Å². The minimum Gasteiger partial charge on any atom is -0.383 e. The second-order valence-electron chi connectivity index (χ2n) is 7.72. The number of carbonyl (C=O) groups is 1. The van der Waals surface area contributed by atoms with Crippen LogP contribution in [0.1, 0.15) is 44.0 Å². The standard InChI is InChI=1S/C19H33N5O2/c1-15(19(25)20-16-6-4-5-7-16)23-8-9-24-18(14-23)12-17(21-24)13-22(2)10-11-26-3/h12,15-16H,4-11,13-14H2,1-3H3,(H,20,25)/t15-/m1/s1. The fourth-order valence-electron chi connectivity index (χ4n) is 3.91. The average molecular weight is 364 g/mol. The van der Waals surface area contributed by atoms with Gasteiger partial charge in [0.25, 0.3) is 0 Å². The molecule has 146 valence electrons. The third-order valence-electron chi connectivity index (χ3n) is 5.62. The van der Waals surface area contributed by atoms with Crippen LogP contribution in [0.15, 0.2) is 6.07 Å². The second kappa shape index (κ2) is 8.97. The number of carbonyl (C=O) groups excluding carboxylic acids is 1. The summed E-state index contributed by atoms with van der Waals surface area (Å²) in [6.07, 6.45) is 4.74. The van der Waals surface area contributed by atoms with Crippen molar-refractivity contribution in [1.29, 1.82) is 0 Å². The number of fused-ring (bicyclic) bond motifs is 1. The molecule has 2 aliphatic rings. The van der Waals surface area contributed by atoms with E-state index in [0.717, 1.165) is 57.9 Å². The van der Waals surface area contributed by atoms with E-state index in [1.807, 2.05) is 6.92 Å². The average Bonchev–Trinajstić information content (AvgIpc) is 3.27. The first-order valence-electron chi connectivity index (χ1n) is 9.84. The molecule has 0 radical (unpaired) electrons. The normalized spacial score (nSPS) is 19.7. The summed E-state index contributed by atoms with van der Waals surface area (Å²) < 4.78 is 7.22. The van der Waals surface area contributed by atoms with Crippen LogP contribution < -0.4 is 5.32 Å². The molecule has 1 aromatic rings. The maximum absolute atomic E-state index is 12.6. The molecule has 0 spiro atoms. The number of ether oxygens (including phenoxy) is 1. The van der Waals surface area contributed by atoms with Gasteiger partial charge in [-0.2, -0.15) is 5.10 Å². The molecule has 1 aliphatic heterocycles. The highest BCUT2D eigenvalue weighted by Gasteiger charge is 2.28. The summed E-state index contributed by atoms with van der Waals surface area (Å²) in [5.41, 5.74) is 2.29. The highest BCUT2D eigenvalue weighted by molar-refractivity contribution is 5.81. The van der Waals surface area contributed by atoms with Gasteiger partial charge in [-0.05, 0) is 32.9 Å². The van der Waals surface area contributed by atoms with Crippen molar-refractivity contribution in [1.82, 2.24) is 24.9 Å². The summed E-state index contributed by atoms with van der Waals surface area (Å²) in [5, 5.41) is 7.96. The zero-order chi connectivity index (χ0) is 18.5. The molecule has 7 nitrogen and oxygen atoms in total. The van der Waals surface area contributed by atoms with Crippen LogP contribution in [0.4, 0.5) is 0 Å². The molecular formula is C19H33N5O2. The molecular weight excluding hydrogens is 330 g/mol. The SMILES string of the molecule is COCCN(C)Cc1cc2n(n1)CCN([C@H](C)C(=O)NC1CCCC1)C2. The first-order valence-corrected chi connectivity index (χ1v) is 9.84. The van der Waals surface area contributed by atoms with Gasteiger partial charge in [0.2, 0.25) is 5.91 Å². The molecule has 1 amide bonds. The van der Waals surface area contributed by atoms with Crippen molar-refractivity contribution in [2.45, 2.75) is 64.3 Å². The van der Waals surface area contributed by atoms with Gasteiger partial charge in [-0.25, -0.2) is 0 Å². The number of nitrogens with one attached hydrogen (secondary N) is 1. The van der Waals surface area contributed by atoms with Crippen LogP contribution >= 0.6 is 0 Å². The second-order valence-corrected chi connectivity index (χ2v) is 7.72. The van der Waals surface area contributed by atoms with Crippen molar-refractivity contribution in [3.8, 4) is 0 Å². The summed E-state index contributed by atoms with van der Waals surface area (Å²) in [5.74, 6) is 0.171. The lowest BCUT2D eigenvalue weighted by atomic mass is 10.1. The van der Waals surface area contributed by atoms with Gasteiger partial charge >= 0.3 is 0 Å². The van der Waals surface area contributed by atoms with Gasteiger partial charge in [0.15, 0.2) is 0 Å². The van der Waals surface area contributed by atoms with E-state index in [9.17, 15) is 4.79 Å². The van der Waals surface area contributed by atoms with Crippen molar-refractivity contribution in [3.63, 3.8) is 0 Å². The molecule has 1 fully saturated rings. The van der Waals surface area contributed by atoms with Gasteiger partial charge in [0, 0.05) is 39.3 Å². The maximum Gasteiger partial charge on any atom is 0.237 e. The van der Waals surface area contributed by atoms with Crippen LogP contribution in [0.5, 0.6) is 0 Å². The Morgan fingerprint density at radius 1 is 1.42 bits per heavy atom. The highest BCUT2D eigenvalue weighted by Crippen LogP contribution is 2.20. The summed E-state index contributed by atoms with van der Waals surface area (Å²) in [7, 11) is 3.81. The molecule has 1 aromatic heterocycles. The van der Waals surface area contributed by atoms with E-state index < -0.39 is 0 Å². The fraction of sp³-hybridized carbons (Fsp3) is 0.789. The minimum absolute atomic E-state index is 0.0907. The van der Waals surface area contributed by atoms with Crippen molar-refractivity contribution in [3.05, 3.63) is 17.5 Å². The monoisotopic (exact) mass is 363 g/mol. The Labute approximate surface area is 156 Å². The topological polar surface area (TPSA) is 62.6 Å². The molecule has 1 aliphatic carbocycles. The quantitative estimate of drug-likeness (QED) is 0.753. The molecule has 1 N–H and O–H groups in total. The van der Waals surface area contributed by atoms with E-state index in [-0.39, 0.29) is 11.9 Å². The molecule has 26 heavy (non-hydrogen) atoms. The number of hydrogen-bond acceptors (Lipinski definition) is 5. The first-order chi connectivity index (χ1) is 12.6. The van der Waals surface area contributed by atoms with E-state index in [1.165, 1.54) is 18.5 Å². The molecule has 1 atom stereocenters.